The minimum absolute atomic E-state index is 0. The third-order valence-electron chi connectivity index (χ3n) is 4.25. The van der Waals surface area contributed by atoms with E-state index in [4.69, 9.17) is 0 Å². The minimum Gasteiger partial charge on any atom is -0.335 e. The number of hydrogen-bond acceptors (Lipinski definition) is 2. The van der Waals surface area contributed by atoms with Crippen molar-refractivity contribution in [1.29, 1.82) is 0 Å². The Hall–Kier alpha value is -1.20. The van der Waals surface area contributed by atoms with Crippen molar-refractivity contribution in [2.75, 3.05) is 13.6 Å². The summed E-state index contributed by atoms with van der Waals surface area (Å²) < 4.78 is 27.2. The van der Waals surface area contributed by atoms with Gasteiger partial charge in [-0.15, -0.1) is 12.4 Å². The van der Waals surface area contributed by atoms with Crippen LogP contribution in [0.5, 0.6) is 0 Å². The summed E-state index contributed by atoms with van der Waals surface area (Å²) in [4.78, 5) is 14.2. The van der Waals surface area contributed by atoms with Crippen LogP contribution in [-0.2, 0) is 11.3 Å². The molecule has 1 aliphatic rings. The molecule has 0 heterocycles. The predicted molar refractivity (Wildman–Crippen MR) is 89.6 cm³/mol. The van der Waals surface area contributed by atoms with Crippen LogP contribution in [0.1, 0.15) is 44.1 Å². The standard InChI is InChI=1S/C17H24F2N2O.ClH/c1-20-10-4-7-17(22)21(15-5-2-3-6-15)12-13-11-14(18)8-9-16(13)19;/h8-9,11,15,20H,2-7,10,12H2,1H3;1H. The highest BCUT2D eigenvalue weighted by Gasteiger charge is 2.27. The summed E-state index contributed by atoms with van der Waals surface area (Å²) in [6, 6.07) is 3.58. The number of rotatable bonds is 7. The lowest BCUT2D eigenvalue weighted by atomic mass is 10.1. The van der Waals surface area contributed by atoms with Gasteiger partial charge in [0.05, 0.1) is 0 Å². The van der Waals surface area contributed by atoms with E-state index in [1.54, 1.807) is 4.90 Å². The van der Waals surface area contributed by atoms with Gasteiger partial charge in [0.2, 0.25) is 5.91 Å². The zero-order valence-corrected chi connectivity index (χ0v) is 14.3. The molecule has 130 valence electrons. The van der Waals surface area contributed by atoms with Gasteiger partial charge >= 0.3 is 0 Å². The maximum Gasteiger partial charge on any atom is 0.223 e. The summed E-state index contributed by atoms with van der Waals surface area (Å²) in [6.07, 6.45) is 5.29. The molecule has 0 atom stereocenters. The molecule has 1 aliphatic carbocycles. The molecule has 0 aromatic heterocycles. The van der Waals surface area contributed by atoms with Crippen LogP contribution in [0.25, 0.3) is 0 Å². The summed E-state index contributed by atoms with van der Waals surface area (Å²) in [5, 5.41) is 3.02. The molecule has 23 heavy (non-hydrogen) atoms. The number of hydrogen-bond donors (Lipinski definition) is 1. The molecule has 1 aromatic carbocycles. The zero-order valence-electron chi connectivity index (χ0n) is 13.5. The molecule has 0 aliphatic heterocycles. The minimum atomic E-state index is -0.467. The van der Waals surface area contributed by atoms with E-state index >= 15 is 0 Å². The van der Waals surface area contributed by atoms with Gasteiger partial charge in [-0.3, -0.25) is 4.79 Å². The van der Waals surface area contributed by atoms with Crippen LogP contribution >= 0.6 is 12.4 Å². The number of halogens is 3. The normalized spacial score (nSPS) is 14.6. The predicted octanol–water partition coefficient (Wildman–Crippen LogP) is 3.66. The Morgan fingerprint density at radius 1 is 1.30 bits per heavy atom. The van der Waals surface area contributed by atoms with Crippen molar-refractivity contribution in [2.45, 2.75) is 51.1 Å². The Labute approximate surface area is 142 Å². The lowest BCUT2D eigenvalue weighted by molar-refractivity contribution is -0.134. The van der Waals surface area contributed by atoms with Crippen molar-refractivity contribution in [3.05, 3.63) is 35.4 Å². The number of carbonyl (C=O) groups excluding carboxylic acids is 1. The average molecular weight is 347 g/mol. The van der Waals surface area contributed by atoms with Crippen molar-refractivity contribution in [1.82, 2.24) is 10.2 Å². The summed E-state index contributed by atoms with van der Waals surface area (Å²) >= 11 is 0. The van der Waals surface area contributed by atoms with Gasteiger partial charge in [-0.2, -0.15) is 0 Å². The van der Waals surface area contributed by atoms with E-state index in [0.717, 1.165) is 50.8 Å². The van der Waals surface area contributed by atoms with E-state index in [2.05, 4.69) is 5.32 Å². The number of nitrogens with zero attached hydrogens (tertiary/aromatic N) is 1. The largest absolute Gasteiger partial charge is 0.335 e. The second kappa shape index (κ2) is 9.83. The van der Waals surface area contributed by atoms with Gasteiger partial charge in [-0.1, -0.05) is 12.8 Å². The smallest absolute Gasteiger partial charge is 0.223 e. The van der Waals surface area contributed by atoms with Crippen LogP contribution in [-0.4, -0.2) is 30.4 Å². The summed E-state index contributed by atoms with van der Waals surface area (Å²) in [7, 11) is 1.85. The van der Waals surface area contributed by atoms with Crippen LogP contribution in [0.4, 0.5) is 8.78 Å². The van der Waals surface area contributed by atoms with Crippen LogP contribution < -0.4 is 5.32 Å². The highest BCUT2D eigenvalue weighted by atomic mass is 35.5. The Kier molecular flexibility index (Phi) is 8.48. The van der Waals surface area contributed by atoms with Crippen molar-refractivity contribution < 1.29 is 13.6 Å². The molecule has 1 aromatic rings. The van der Waals surface area contributed by atoms with E-state index in [1.165, 1.54) is 6.07 Å². The second-order valence-corrected chi connectivity index (χ2v) is 5.90. The van der Waals surface area contributed by atoms with Crippen LogP contribution in [0.15, 0.2) is 18.2 Å². The van der Waals surface area contributed by atoms with Crippen molar-refractivity contribution in [3.63, 3.8) is 0 Å². The molecular weight excluding hydrogens is 322 g/mol. The molecule has 0 unspecified atom stereocenters. The SMILES string of the molecule is CNCCCC(=O)N(Cc1cc(F)ccc1F)C1CCCC1.Cl. The van der Waals surface area contributed by atoms with Gasteiger partial charge in [0.25, 0.3) is 0 Å². The van der Waals surface area contributed by atoms with Crippen molar-refractivity contribution in [3.8, 4) is 0 Å². The molecular formula is C17H25ClF2N2O. The Morgan fingerprint density at radius 2 is 2.00 bits per heavy atom. The van der Waals surface area contributed by atoms with E-state index in [1.807, 2.05) is 7.05 Å². The second-order valence-electron chi connectivity index (χ2n) is 5.90. The van der Waals surface area contributed by atoms with Crippen molar-refractivity contribution >= 4 is 18.3 Å². The Morgan fingerprint density at radius 3 is 2.65 bits per heavy atom. The van der Waals surface area contributed by atoms with Gasteiger partial charge in [0, 0.05) is 24.6 Å². The van der Waals surface area contributed by atoms with E-state index in [0.29, 0.717) is 6.42 Å². The Bertz CT molecular complexity index is 507. The van der Waals surface area contributed by atoms with E-state index in [9.17, 15) is 13.6 Å². The van der Waals surface area contributed by atoms with Gasteiger partial charge < -0.3 is 10.2 Å². The lowest BCUT2D eigenvalue weighted by Gasteiger charge is -2.29. The lowest BCUT2D eigenvalue weighted by Crippen LogP contribution is -2.38. The maximum absolute atomic E-state index is 13.9. The molecule has 1 N–H and O–H groups in total. The van der Waals surface area contributed by atoms with E-state index < -0.39 is 11.6 Å². The fourth-order valence-corrected chi connectivity index (χ4v) is 3.04. The first kappa shape index (κ1) is 19.8. The molecule has 0 bridgehead atoms. The number of amides is 1. The molecule has 2 rings (SSSR count). The first-order valence-electron chi connectivity index (χ1n) is 8.00. The third-order valence-corrected chi connectivity index (χ3v) is 4.25. The Balaban J connectivity index is 0.00000264. The van der Waals surface area contributed by atoms with Gasteiger partial charge in [-0.25, -0.2) is 8.78 Å². The van der Waals surface area contributed by atoms with E-state index in [-0.39, 0.29) is 36.5 Å². The molecule has 1 amide bonds. The summed E-state index contributed by atoms with van der Waals surface area (Å²) in [6.45, 7) is 0.936. The fourth-order valence-electron chi connectivity index (χ4n) is 3.04. The van der Waals surface area contributed by atoms with Gasteiger partial charge in [0.15, 0.2) is 0 Å². The highest BCUT2D eigenvalue weighted by Crippen LogP contribution is 2.26. The van der Waals surface area contributed by atoms with Gasteiger partial charge in [-0.05, 0) is 51.1 Å². The molecule has 3 nitrogen and oxygen atoms in total. The number of nitrogens with one attached hydrogen (secondary N) is 1. The zero-order chi connectivity index (χ0) is 15.9. The topological polar surface area (TPSA) is 32.3 Å². The summed E-state index contributed by atoms with van der Waals surface area (Å²) in [5.74, 6) is -0.886. The van der Waals surface area contributed by atoms with Crippen LogP contribution in [0.2, 0.25) is 0 Å². The molecule has 1 saturated carbocycles. The molecule has 6 heteroatoms. The first-order valence-corrected chi connectivity index (χ1v) is 8.00. The van der Waals surface area contributed by atoms with Crippen LogP contribution in [0.3, 0.4) is 0 Å². The maximum atomic E-state index is 13.9. The quantitative estimate of drug-likeness (QED) is 0.764. The molecule has 0 radical (unpaired) electrons. The fraction of sp³-hybridized carbons (Fsp3) is 0.588. The first-order chi connectivity index (χ1) is 10.6. The molecule has 0 saturated heterocycles. The monoisotopic (exact) mass is 346 g/mol. The number of benzene rings is 1. The highest BCUT2D eigenvalue weighted by molar-refractivity contribution is 5.85. The molecule has 0 spiro atoms. The third kappa shape index (κ3) is 5.74. The average Bonchev–Trinajstić information content (AvgIpc) is 3.02. The molecule has 1 fully saturated rings. The van der Waals surface area contributed by atoms with Crippen LogP contribution in [0, 0.1) is 11.6 Å². The number of carbonyl (C=O) groups is 1. The van der Waals surface area contributed by atoms with Gasteiger partial charge in [0.1, 0.15) is 11.6 Å². The summed E-state index contributed by atoms with van der Waals surface area (Å²) in [5.41, 5.74) is 0.258. The van der Waals surface area contributed by atoms with Crippen molar-refractivity contribution in [2.24, 2.45) is 0 Å².